The van der Waals surface area contributed by atoms with E-state index in [-0.39, 0.29) is 5.91 Å². The van der Waals surface area contributed by atoms with Gasteiger partial charge in [0.2, 0.25) is 5.91 Å². The Labute approximate surface area is 99.8 Å². The van der Waals surface area contributed by atoms with E-state index >= 15 is 0 Å². The van der Waals surface area contributed by atoms with Crippen LogP contribution in [-0.4, -0.2) is 17.6 Å². The predicted molar refractivity (Wildman–Crippen MR) is 66.3 cm³/mol. The highest BCUT2D eigenvalue weighted by molar-refractivity contribution is 7.10. The summed E-state index contributed by atoms with van der Waals surface area (Å²) >= 11 is 1.53. The summed E-state index contributed by atoms with van der Waals surface area (Å²) < 4.78 is 0. The summed E-state index contributed by atoms with van der Waals surface area (Å²) in [5.41, 5.74) is 0. The third-order valence-electron chi connectivity index (χ3n) is 2.19. The molecule has 0 saturated heterocycles. The largest absolute Gasteiger partial charge is 0.388 e. The van der Waals surface area contributed by atoms with E-state index in [9.17, 15) is 9.90 Å². The Hall–Kier alpha value is -1.13. The first-order valence-electron chi connectivity index (χ1n) is 5.33. The van der Waals surface area contributed by atoms with E-state index < -0.39 is 6.10 Å². The van der Waals surface area contributed by atoms with Crippen molar-refractivity contribution in [2.24, 2.45) is 0 Å². The maximum absolute atomic E-state index is 11.2. The van der Waals surface area contributed by atoms with Gasteiger partial charge in [-0.3, -0.25) is 4.79 Å². The Kier molecular flexibility index (Phi) is 5.82. The summed E-state index contributed by atoms with van der Waals surface area (Å²) in [6.07, 6.45) is 2.97. The molecular formula is C12H17NO2S. The highest BCUT2D eigenvalue weighted by Gasteiger charge is 2.08. The standard InChI is InChI=1S/C12H17NO2S/c1-2-3-6-12(15)13-8-7-10(14)11-5-4-9-16-11/h2,4-5,9-10,14H,1,3,6-8H2,(H,13,15). The molecule has 0 aliphatic heterocycles. The molecule has 1 aromatic rings. The SMILES string of the molecule is C=CCCC(=O)NCCC(O)c1cccs1. The van der Waals surface area contributed by atoms with E-state index in [2.05, 4.69) is 11.9 Å². The average Bonchev–Trinajstić information content (AvgIpc) is 2.79. The first-order chi connectivity index (χ1) is 7.74. The van der Waals surface area contributed by atoms with Crippen molar-refractivity contribution in [2.75, 3.05) is 6.54 Å². The van der Waals surface area contributed by atoms with E-state index in [0.29, 0.717) is 25.8 Å². The van der Waals surface area contributed by atoms with Crippen LogP contribution in [0, 0.1) is 0 Å². The number of aliphatic hydroxyl groups excluding tert-OH is 1. The van der Waals surface area contributed by atoms with Gasteiger partial charge in [-0.25, -0.2) is 0 Å². The van der Waals surface area contributed by atoms with Crippen LogP contribution in [0.25, 0.3) is 0 Å². The molecule has 4 heteroatoms. The molecule has 0 fully saturated rings. The molecule has 1 atom stereocenters. The lowest BCUT2D eigenvalue weighted by Gasteiger charge is -2.09. The second-order valence-corrected chi connectivity index (χ2v) is 4.48. The third-order valence-corrected chi connectivity index (χ3v) is 3.16. The fourth-order valence-electron chi connectivity index (χ4n) is 1.29. The van der Waals surface area contributed by atoms with Crippen LogP contribution in [0.1, 0.15) is 30.2 Å². The van der Waals surface area contributed by atoms with Gasteiger partial charge in [0.1, 0.15) is 0 Å². The summed E-state index contributed by atoms with van der Waals surface area (Å²) in [4.78, 5) is 12.2. The van der Waals surface area contributed by atoms with Gasteiger partial charge in [-0.1, -0.05) is 12.1 Å². The highest BCUT2D eigenvalue weighted by Crippen LogP contribution is 2.20. The number of thiophene rings is 1. The number of hydrogen-bond donors (Lipinski definition) is 2. The first kappa shape index (κ1) is 12.9. The van der Waals surface area contributed by atoms with Crippen molar-refractivity contribution >= 4 is 17.2 Å². The van der Waals surface area contributed by atoms with Gasteiger partial charge in [0.25, 0.3) is 0 Å². The molecule has 1 amide bonds. The second-order valence-electron chi connectivity index (χ2n) is 3.50. The number of carbonyl (C=O) groups excluding carboxylic acids is 1. The Bertz CT molecular complexity index is 322. The molecule has 1 unspecified atom stereocenters. The molecule has 0 radical (unpaired) electrons. The minimum absolute atomic E-state index is 0.0123. The van der Waals surface area contributed by atoms with Gasteiger partial charge in [-0.05, 0) is 24.3 Å². The first-order valence-corrected chi connectivity index (χ1v) is 6.21. The fourth-order valence-corrected chi connectivity index (χ4v) is 2.04. The molecule has 2 N–H and O–H groups in total. The lowest BCUT2D eigenvalue weighted by Crippen LogP contribution is -2.25. The van der Waals surface area contributed by atoms with Crippen LogP contribution in [-0.2, 0) is 4.79 Å². The molecule has 3 nitrogen and oxygen atoms in total. The molecule has 0 saturated carbocycles. The van der Waals surface area contributed by atoms with Crippen LogP contribution in [0.15, 0.2) is 30.2 Å². The molecular weight excluding hydrogens is 222 g/mol. The Balaban J connectivity index is 2.15. The summed E-state index contributed by atoms with van der Waals surface area (Å²) in [5.74, 6) is 0.0123. The molecule has 0 aliphatic carbocycles. The summed E-state index contributed by atoms with van der Waals surface area (Å²) in [6.45, 7) is 4.07. The topological polar surface area (TPSA) is 49.3 Å². The van der Waals surface area contributed by atoms with Crippen molar-refractivity contribution in [3.63, 3.8) is 0 Å². The summed E-state index contributed by atoms with van der Waals surface area (Å²) in [7, 11) is 0. The maximum Gasteiger partial charge on any atom is 0.220 e. The molecule has 88 valence electrons. The zero-order chi connectivity index (χ0) is 11.8. The van der Waals surface area contributed by atoms with E-state index in [4.69, 9.17) is 0 Å². The number of allylic oxidation sites excluding steroid dienone is 1. The fraction of sp³-hybridized carbons (Fsp3) is 0.417. The molecule has 0 aromatic carbocycles. The number of hydrogen-bond acceptors (Lipinski definition) is 3. The molecule has 0 aliphatic rings. The van der Waals surface area contributed by atoms with E-state index in [1.165, 1.54) is 11.3 Å². The summed E-state index contributed by atoms with van der Waals surface area (Å²) in [6, 6.07) is 3.81. The maximum atomic E-state index is 11.2. The Morgan fingerprint density at radius 1 is 1.69 bits per heavy atom. The average molecular weight is 239 g/mol. The van der Waals surface area contributed by atoms with Crippen molar-refractivity contribution in [3.8, 4) is 0 Å². The molecule has 1 rings (SSSR count). The number of amides is 1. The van der Waals surface area contributed by atoms with Crippen molar-refractivity contribution < 1.29 is 9.90 Å². The molecule has 1 aromatic heterocycles. The van der Waals surface area contributed by atoms with Crippen LogP contribution >= 0.6 is 11.3 Å². The van der Waals surface area contributed by atoms with E-state index in [0.717, 1.165) is 4.88 Å². The van der Waals surface area contributed by atoms with Crippen LogP contribution in [0.5, 0.6) is 0 Å². The smallest absolute Gasteiger partial charge is 0.220 e. The number of aliphatic hydroxyl groups is 1. The minimum atomic E-state index is -0.472. The quantitative estimate of drug-likeness (QED) is 0.717. The number of nitrogens with one attached hydrogen (secondary N) is 1. The van der Waals surface area contributed by atoms with Gasteiger partial charge >= 0.3 is 0 Å². The van der Waals surface area contributed by atoms with E-state index in [1.54, 1.807) is 6.08 Å². The van der Waals surface area contributed by atoms with Gasteiger partial charge in [0.15, 0.2) is 0 Å². The van der Waals surface area contributed by atoms with Gasteiger partial charge in [-0.15, -0.1) is 17.9 Å². The zero-order valence-electron chi connectivity index (χ0n) is 9.19. The van der Waals surface area contributed by atoms with Gasteiger partial charge in [0.05, 0.1) is 6.10 Å². The van der Waals surface area contributed by atoms with Gasteiger partial charge in [-0.2, -0.15) is 0 Å². The minimum Gasteiger partial charge on any atom is -0.388 e. The van der Waals surface area contributed by atoms with Crippen molar-refractivity contribution in [2.45, 2.75) is 25.4 Å². The number of rotatable bonds is 7. The normalized spacial score (nSPS) is 12.1. The highest BCUT2D eigenvalue weighted by atomic mass is 32.1. The van der Waals surface area contributed by atoms with Crippen molar-refractivity contribution in [1.82, 2.24) is 5.32 Å². The molecule has 16 heavy (non-hydrogen) atoms. The van der Waals surface area contributed by atoms with Crippen LogP contribution < -0.4 is 5.32 Å². The Morgan fingerprint density at radius 3 is 3.12 bits per heavy atom. The second kappa shape index (κ2) is 7.19. The zero-order valence-corrected chi connectivity index (χ0v) is 10.0. The Morgan fingerprint density at radius 2 is 2.50 bits per heavy atom. The van der Waals surface area contributed by atoms with Gasteiger partial charge < -0.3 is 10.4 Å². The molecule has 0 spiro atoms. The van der Waals surface area contributed by atoms with Gasteiger partial charge in [0, 0.05) is 17.8 Å². The number of carbonyl (C=O) groups is 1. The third kappa shape index (κ3) is 4.59. The molecule has 0 bridgehead atoms. The van der Waals surface area contributed by atoms with Crippen molar-refractivity contribution in [1.29, 1.82) is 0 Å². The lowest BCUT2D eigenvalue weighted by atomic mass is 10.2. The van der Waals surface area contributed by atoms with Crippen LogP contribution in [0.4, 0.5) is 0 Å². The summed E-state index contributed by atoms with van der Waals surface area (Å²) in [5, 5.41) is 14.4. The lowest BCUT2D eigenvalue weighted by molar-refractivity contribution is -0.121. The van der Waals surface area contributed by atoms with Crippen molar-refractivity contribution in [3.05, 3.63) is 35.0 Å². The van der Waals surface area contributed by atoms with E-state index in [1.807, 2.05) is 17.5 Å². The predicted octanol–water partition coefficient (Wildman–Crippen LogP) is 2.25. The molecule has 1 heterocycles. The van der Waals surface area contributed by atoms with Crippen LogP contribution in [0.3, 0.4) is 0 Å². The monoisotopic (exact) mass is 239 g/mol. The van der Waals surface area contributed by atoms with Crippen LogP contribution in [0.2, 0.25) is 0 Å².